The number of nitrogens with zero attached hydrogens (tertiary/aromatic N) is 2. The first kappa shape index (κ1) is 13.6. The van der Waals surface area contributed by atoms with Crippen LogP contribution in [0.3, 0.4) is 0 Å². The van der Waals surface area contributed by atoms with Gasteiger partial charge in [0.1, 0.15) is 6.10 Å². The lowest BCUT2D eigenvalue weighted by molar-refractivity contribution is 0.0126. The van der Waals surface area contributed by atoms with Crippen molar-refractivity contribution in [3.63, 3.8) is 0 Å². The number of hydrogen-bond acceptors (Lipinski definition) is 6. The predicted molar refractivity (Wildman–Crippen MR) is 59.2 cm³/mol. The number of imidazole rings is 1. The van der Waals surface area contributed by atoms with Gasteiger partial charge in [0.2, 0.25) is 5.82 Å². The molecule has 0 bridgehead atoms. The van der Waals surface area contributed by atoms with Crippen LogP contribution in [0.1, 0.15) is 28.8 Å². The minimum Gasteiger partial charge on any atom is -0.463 e. The van der Waals surface area contributed by atoms with E-state index in [0.29, 0.717) is 0 Å². The quantitative estimate of drug-likeness (QED) is 0.569. The van der Waals surface area contributed by atoms with E-state index in [-0.39, 0.29) is 24.5 Å². The van der Waals surface area contributed by atoms with E-state index in [2.05, 4.69) is 9.72 Å². The molecule has 0 radical (unpaired) electrons. The Morgan fingerprint density at radius 3 is 2.82 bits per heavy atom. The summed E-state index contributed by atoms with van der Waals surface area (Å²) in [5, 5.41) is 19.4. The number of esters is 1. The van der Waals surface area contributed by atoms with Crippen molar-refractivity contribution in [3.05, 3.63) is 17.7 Å². The first-order valence-corrected chi connectivity index (χ1v) is 5.19. The lowest BCUT2D eigenvalue weighted by atomic mass is 10.1. The Morgan fingerprint density at radius 1 is 1.65 bits per heavy atom. The van der Waals surface area contributed by atoms with Gasteiger partial charge in [0, 0.05) is 13.2 Å². The Balaban J connectivity index is 2.89. The molecule has 96 valence electrons. The molecule has 1 aromatic rings. The third-order valence-electron chi connectivity index (χ3n) is 2.39. The molecule has 1 aromatic heterocycles. The molecule has 2 atom stereocenters. The molecule has 0 aliphatic carbocycles. The minimum atomic E-state index is -1.16. The Morgan fingerprint density at radius 2 is 2.29 bits per heavy atom. The maximum Gasteiger partial charge on any atom is 0.374 e. The summed E-state index contributed by atoms with van der Waals surface area (Å²) in [7, 11) is 2.85. The first-order chi connectivity index (χ1) is 8.01. The number of carbonyl (C=O) groups excluding carboxylic acids is 1. The molecule has 0 aliphatic heterocycles. The van der Waals surface area contributed by atoms with Gasteiger partial charge in [-0.05, 0) is 13.0 Å². The van der Waals surface area contributed by atoms with Gasteiger partial charge >= 0.3 is 5.97 Å². The number of nitrogens with two attached hydrogens (primary N) is 1. The maximum absolute atomic E-state index is 11.3. The maximum atomic E-state index is 11.3. The molecule has 0 saturated heterocycles. The molecule has 0 saturated carbocycles. The standard InChI is InChI=1S/C10H17N3O4/c1-13-5-6(8(15)7(14)3-4-11)12-9(13)10(16)17-2/h5,7-8,14-15H,3-4,11H2,1-2H3. The fraction of sp³-hybridized carbons (Fsp3) is 0.600. The van der Waals surface area contributed by atoms with Crippen molar-refractivity contribution >= 4 is 5.97 Å². The van der Waals surface area contributed by atoms with E-state index < -0.39 is 18.2 Å². The van der Waals surface area contributed by atoms with E-state index in [4.69, 9.17) is 5.73 Å². The number of rotatable bonds is 5. The van der Waals surface area contributed by atoms with Crippen molar-refractivity contribution < 1.29 is 19.7 Å². The van der Waals surface area contributed by atoms with E-state index in [0.717, 1.165) is 0 Å². The summed E-state index contributed by atoms with van der Waals surface area (Å²) >= 11 is 0. The highest BCUT2D eigenvalue weighted by atomic mass is 16.5. The third kappa shape index (κ3) is 3.02. The third-order valence-corrected chi connectivity index (χ3v) is 2.39. The summed E-state index contributed by atoms with van der Waals surface area (Å²) in [5.41, 5.74) is 5.50. The van der Waals surface area contributed by atoms with Crippen LogP contribution in [-0.2, 0) is 11.8 Å². The highest BCUT2D eigenvalue weighted by Gasteiger charge is 2.23. The van der Waals surface area contributed by atoms with Crippen molar-refractivity contribution in [2.24, 2.45) is 12.8 Å². The summed E-state index contributed by atoms with van der Waals surface area (Å²) in [6.45, 7) is 0.259. The highest BCUT2D eigenvalue weighted by molar-refractivity contribution is 5.85. The molecular formula is C10H17N3O4. The molecule has 17 heavy (non-hydrogen) atoms. The van der Waals surface area contributed by atoms with Gasteiger partial charge in [-0.1, -0.05) is 0 Å². The molecule has 1 heterocycles. The molecule has 0 aromatic carbocycles. The Labute approximate surface area is 98.8 Å². The molecule has 0 spiro atoms. The fourth-order valence-electron chi connectivity index (χ4n) is 1.44. The second kappa shape index (κ2) is 5.76. The van der Waals surface area contributed by atoms with Crippen LogP contribution in [0, 0.1) is 0 Å². The van der Waals surface area contributed by atoms with Crippen LogP contribution >= 0.6 is 0 Å². The van der Waals surface area contributed by atoms with Gasteiger partial charge in [-0.3, -0.25) is 0 Å². The Hall–Kier alpha value is -1.44. The molecule has 7 heteroatoms. The summed E-state index contributed by atoms with van der Waals surface area (Å²) < 4.78 is 5.96. The monoisotopic (exact) mass is 243 g/mol. The van der Waals surface area contributed by atoms with Crippen molar-refractivity contribution in [1.29, 1.82) is 0 Å². The molecule has 2 unspecified atom stereocenters. The zero-order valence-electron chi connectivity index (χ0n) is 9.83. The van der Waals surface area contributed by atoms with Gasteiger partial charge in [0.05, 0.1) is 18.9 Å². The van der Waals surface area contributed by atoms with Crippen molar-refractivity contribution in [1.82, 2.24) is 9.55 Å². The van der Waals surface area contributed by atoms with Gasteiger partial charge in [-0.25, -0.2) is 9.78 Å². The van der Waals surface area contributed by atoms with Crippen LogP contribution in [0.25, 0.3) is 0 Å². The summed E-state index contributed by atoms with van der Waals surface area (Å²) in [5.74, 6) is -0.527. The smallest absolute Gasteiger partial charge is 0.374 e. The van der Waals surface area contributed by atoms with Crippen molar-refractivity contribution in [3.8, 4) is 0 Å². The first-order valence-electron chi connectivity index (χ1n) is 5.19. The lowest BCUT2D eigenvalue weighted by Gasteiger charge is -2.14. The van der Waals surface area contributed by atoms with E-state index >= 15 is 0 Å². The van der Waals surface area contributed by atoms with Crippen LogP contribution in [-0.4, -0.2) is 45.5 Å². The number of aryl methyl sites for hydroxylation is 1. The molecule has 0 amide bonds. The van der Waals surface area contributed by atoms with E-state index in [1.54, 1.807) is 7.05 Å². The van der Waals surface area contributed by atoms with E-state index in [1.165, 1.54) is 17.9 Å². The van der Waals surface area contributed by atoms with Crippen LogP contribution in [0.5, 0.6) is 0 Å². The van der Waals surface area contributed by atoms with E-state index in [1.807, 2.05) is 0 Å². The zero-order valence-corrected chi connectivity index (χ0v) is 9.83. The van der Waals surface area contributed by atoms with Gasteiger partial charge < -0.3 is 25.3 Å². The zero-order chi connectivity index (χ0) is 13.0. The van der Waals surface area contributed by atoms with Gasteiger partial charge in [-0.2, -0.15) is 0 Å². The molecule has 1 rings (SSSR count). The number of methoxy groups -OCH3 is 1. The Bertz CT molecular complexity index is 391. The summed E-state index contributed by atoms with van der Waals surface area (Å²) in [6.07, 6.45) is -0.439. The van der Waals surface area contributed by atoms with Crippen molar-refractivity contribution in [2.75, 3.05) is 13.7 Å². The largest absolute Gasteiger partial charge is 0.463 e. The Kier molecular flexibility index (Phi) is 4.62. The topological polar surface area (TPSA) is 111 Å². The van der Waals surface area contributed by atoms with Crippen LogP contribution < -0.4 is 5.73 Å². The van der Waals surface area contributed by atoms with Gasteiger partial charge in [-0.15, -0.1) is 0 Å². The molecule has 4 N–H and O–H groups in total. The number of carbonyl (C=O) groups is 1. The molecular weight excluding hydrogens is 226 g/mol. The average Bonchev–Trinajstić information content (AvgIpc) is 2.69. The SMILES string of the molecule is COC(=O)c1nc(C(O)C(O)CCN)cn1C. The van der Waals surface area contributed by atoms with Gasteiger partial charge in [0.15, 0.2) is 0 Å². The lowest BCUT2D eigenvalue weighted by Crippen LogP contribution is -2.22. The van der Waals surface area contributed by atoms with Crippen molar-refractivity contribution in [2.45, 2.75) is 18.6 Å². The highest BCUT2D eigenvalue weighted by Crippen LogP contribution is 2.18. The molecule has 7 nitrogen and oxygen atoms in total. The average molecular weight is 243 g/mol. The fourth-order valence-corrected chi connectivity index (χ4v) is 1.44. The van der Waals surface area contributed by atoms with Crippen LogP contribution in [0.4, 0.5) is 0 Å². The van der Waals surface area contributed by atoms with Crippen LogP contribution in [0.15, 0.2) is 6.20 Å². The molecule has 0 fully saturated rings. The number of aromatic nitrogens is 2. The normalized spacial score (nSPS) is 14.4. The number of aliphatic hydroxyl groups is 2. The summed E-state index contributed by atoms with van der Waals surface area (Å²) in [4.78, 5) is 15.2. The van der Waals surface area contributed by atoms with Crippen LogP contribution in [0.2, 0.25) is 0 Å². The van der Waals surface area contributed by atoms with E-state index in [9.17, 15) is 15.0 Å². The van der Waals surface area contributed by atoms with Gasteiger partial charge in [0.25, 0.3) is 0 Å². The number of aliphatic hydroxyl groups excluding tert-OH is 2. The molecule has 0 aliphatic rings. The number of hydrogen-bond donors (Lipinski definition) is 3. The number of ether oxygens (including phenoxy) is 1. The second-order valence-electron chi connectivity index (χ2n) is 3.68. The predicted octanol–water partition coefficient (Wildman–Crippen LogP) is -1.05. The second-order valence-corrected chi connectivity index (χ2v) is 3.68. The summed E-state index contributed by atoms with van der Waals surface area (Å²) in [6, 6.07) is 0. The minimum absolute atomic E-state index is 0.0708.